The molecule has 0 saturated carbocycles. The molecule has 2 amide bonds. The van der Waals surface area contributed by atoms with Crippen LogP contribution in [-0.2, 0) is 20.8 Å². The number of nitrogens with one attached hydrogen (secondary N) is 2. The summed E-state index contributed by atoms with van der Waals surface area (Å²) in [4.78, 5) is 47.8. The molecule has 1 heterocycles. The minimum atomic E-state index is -1.41. The molecular weight excluding hydrogens is 420 g/mol. The molecule has 32 heavy (non-hydrogen) atoms. The van der Waals surface area contributed by atoms with Gasteiger partial charge in [-0.15, -0.1) is 0 Å². The predicted octanol–water partition coefficient (Wildman–Crippen LogP) is 1.19. The van der Waals surface area contributed by atoms with Crippen LogP contribution >= 0.6 is 0 Å². The predicted molar refractivity (Wildman–Crippen MR) is 110 cm³/mol. The Labute approximate surface area is 183 Å². The van der Waals surface area contributed by atoms with Crippen LogP contribution in [0.15, 0.2) is 48.5 Å². The highest BCUT2D eigenvalue weighted by Crippen LogP contribution is 2.32. The van der Waals surface area contributed by atoms with Crippen molar-refractivity contribution in [2.75, 3.05) is 6.79 Å². The molecule has 0 radical (unpaired) electrons. The van der Waals surface area contributed by atoms with Gasteiger partial charge in [-0.1, -0.05) is 24.3 Å². The lowest BCUT2D eigenvalue weighted by atomic mass is 10.0. The third-order valence-corrected chi connectivity index (χ3v) is 4.80. The van der Waals surface area contributed by atoms with Crippen LogP contribution in [0.5, 0.6) is 11.5 Å². The Morgan fingerprint density at radius 3 is 2.31 bits per heavy atom. The van der Waals surface area contributed by atoms with Crippen LogP contribution in [0, 0.1) is 0 Å². The van der Waals surface area contributed by atoms with Crippen molar-refractivity contribution in [2.24, 2.45) is 0 Å². The minimum absolute atomic E-state index is 0.0479. The van der Waals surface area contributed by atoms with Crippen LogP contribution in [0.1, 0.15) is 28.8 Å². The Morgan fingerprint density at radius 2 is 1.62 bits per heavy atom. The fraction of sp³-hybridized carbons (Fsp3) is 0.273. The van der Waals surface area contributed by atoms with Gasteiger partial charge in [-0.3, -0.25) is 14.4 Å². The van der Waals surface area contributed by atoms with E-state index in [1.165, 1.54) is 0 Å². The number of ether oxygens (including phenoxy) is 2. The van der Waals surface area contributed by atoms with Crippen LogP contribution in [0.25, 0.3) is 0 Å². The molecule has 2 aromatic rings. The summed E-state index contributed by atoms with van der Waals surface area (Å²) in [5.74, 6) is -2.74. The van der Waals surface area contributed by atoms with Gasteiger partial charge in [0.15, 0.2) is 11.5 Å². The second-order valence-electron chi connectivity index (χ2n) is 7.12. The van der Waals surface area contributed by atoms with Crippen molar-refractivity contribution in [1.82, 2.24) is 10.6 Å². The van der Waals surface area contributed by atoms with Crippen LogP contribution in [0.3, 0.4) is 0 Å². The topological polar surface area (TPSA) is 151 Å². The Morgan fingerprint density at radius 1 is 0.906 bits per heavy atom. The highest BCUT2D eigenvalue weighted by Gasteiger charge is 2.28. The van der Waals surface area contributed by atoms with Crippen molar-refractivity contribution in [3.8, 4) is 11.5 Å². The molecule has 2 atom stereocenters. The van der Waals surface area contributed by atoms with E-state index in [1.54, 1.807) is 48.5 Å². The number of benzene rings is 2. The zero-order valence-electron chi connectivity index (χ0n) is 16.9. The smallest absolute Gasteiger partial charge is 0.326 e. The summed E-state index contributed by atoms with van der Waals surface area (Å²) in [7, 11) is 0. The van der Waals surface area contributed by atoms with Gasteiger partial charge < -0.3 is 30.3 Å². The highest BCUT2D eigenvalue weighted by molar-refractivity contribution is 5.98. The first-order valence-corrected chi connectivity index (χ1v) is 9.83. The lowest BCUT2D eigenvalue weighted by Gasteiger charge is -2.21. The van der Waals surface area contributed by atoms with E-state index < -0.39 is 42.3 Å². The fourth-order valence-corrected chi connectivity index (χ4v) is 3.14. The minimum Gasteiger partial charge on any atom is -0.481 e. The number of carboxylic acids is 2. The number of carbonyl (C=O) groups excluding carboxylic acids is 2. The van der Waals surface area contributed by atoms with E-state index in [0.717, 1.165) is 0 Å². The van der Waals surface area contributed by atoms with E-state index in [-0.39, 0.29) is 19.6 Å². The summed E-state index contributed by atoms with van der Waals surface area (Å²) in [6, 6.07) is 10.8. The molecule has 0 fully saturated rings. The van der Waals surface area contributed by atoms with Gasteiger partial charge in [-0.25, -0.2) is 4.79 Å². The van der Waals surface area contributed by atoms with Crippen LogP contribution < -0.4 is 20.1 Å². The molecular formula is C22H22N2O8. The van der Waals surface area contributed by atoms with Crippen molar-refractivity contribution in [2.45, 2.75) is 31.3 Å². The van der Waals surface area contributed by atoms with Gasteiger partial charge in [0.1, 0.15) is 12.1 Å². The zero-order valence-corrected chi connectivity index (χ0v) is 16.9. The molecule has 3 rings (SSSR count). The molecule has 0 aromatic heterocycles. The first-order valence-electron chi connectivity index (χ1n) is 9.83. The van der Waals surface area contributed by atoms with Gasteiger partial charge in [-0.2, -0.15) is 0 Å². The summed E-state index contributed by atoms with van der Waals surface area (Å²) in [6.45, 7) is 0.0807. The number of carbonyl (C=O) groups is 4. The largest absolute Gasteiger partial charge is 0.481 e. The Kier molecular flexibility index (Phi) is 7.27. The van der Waals surface area contributed by atoms with Crippen molar-refractivity contribution < 1.29 is 38.9 Å². The molecule has 0 saturated heterocycles. The lowest BCUT2D eigenvalue weighted by molar-refractivity contribution is -0.143. The molecule has 0 aliphatic carbocycles. The van der Waals surface area contributed by atoms with Crippen molar-refractivity contribution in [3.63, 3.8) is 0 Å². The highest BCUT2D eigenvalue weighted by atomic mass is 16.7. The molecule has 0 spiro atoms. The summed E-state index contributed by atoms with van der Waals surface area (Å²) >= 11 is 0. The summed E-state index contributed by atoms with van der Waals surface area (Å²) < 4.78 is 10.6. The zero-order chi connectivity index (χ0) is 23.1. The summed E-state index contributed by atoms with van der Waals surface area (Å²) in [5, 5.41) is 23.1. The van der Waals surface area contributed by atoms with Crippen LogP contribution in [0.4, 0.5) is 0 Å². The molecule has 10 heteroatoms. The van der Waals surface area contributed by atoms with Gasteiger partial charge >= 0.3 is 11.9 Å². The van der Waals surface area contributed by atoms with Crippen molar-refractivity contribution >= 4 is 23.8 Å². The molecule has 2 aromatic carbocycles. The quantitative estimate of drug-likeness (QED) is 0.428. The number of fused-ring (bicyclic) bond motifs is 1. The number of carboxylic acid groups (broad SMARTS) is 2. The third kappa shape index (κ3) is 5.97. The Balaban J connectivity index is 1.78. The first-order chi connectivity index (χ1) is 15.3. The van der Waals surface area contributed by atoms with Gasteiger partial charge in [0.2, 0.25) is 12.7 Å². The number of aliphatic carboxylic acids is 2. The molecule has 0 bridgehead atoms. The number of amides is 2. The van der Waals surface area contributed by atoms with E-state index in [4.69, 9.17) is 14.6 Å². The second kappa shape index (κ2) is 10.3. The fourth-order valence-electron chi connectivity index (χ4n) is 3.14. The number of hydrogen-bond donors (Lipinski definition) is 4. The van der Waals surface area contributed by atoms with E-state index in [9.17, 15) is 24.3 Å². The van der Waals surface area contributed by atoms with E-state index in [2.05, 4.69) is 10.6 Å². The van der Waals surface area contributed by atoms with E-state index in [0.29, 0.717) is 22.6 Å². The molecule has 0 unspecified atom stereocenters. The maximum atomic E-state index is 12.9. The van der Waals surface area contributed by atoms with Gasteiger partial charge in [0, 0.05) is 18.4 Å². The normalized spacial score (nSPS) is 13.6. The summed E-state index contributed by atoms with van der Waals surface area (Å²) in [6.07, 6.45) is -0.674. The van der Waals surface area contributed by atoms with Crippen LogP contribution in [-0.4, -0.2) is 52.8 Å². The molecule has 1 aliphatic heterocycles. The van der Waals surface area contributed by atoms with E-state index >= 15 is 0 Å². The van der Waals surface area contributed by atoms with Gasteiger partial charge in [0.25, 0.3) is 5.91 Å². The SMILES string of the molecule is O=C(O)CC[C@H](NC(=O)[C@H](Cc1ccc2c(c1)OCO2)NC(=O)c1ccccc1)C(=O)O. The Hall–Kier alpha value is -4.08. The van der Waals surface area contributed by atoms with E-state index in [1.807, 2.05) is 0 Å². The Bertz CT molecular complexity index is 1010. The van der Waals surface area contributed by atoms with Crippen LogP contribution in [0.2, 0.25) is 0 Å². The number of hydrogen-bond acceptors (Lipinski definition) is 6. The lowest BCUT2D eigenvalue weighted by Crippen LogP contribution is -2.52. The average Bonchev–Trinajstić information content (AvgIpc) is 3.24. The van der Waals surface area contributed by atoms with Gasteiger partial charge in [-0.05, 0) is 36.2 Å². The molecule has 168 valence electrons. The first kappa shape index (κ1) is 22.6. The van der Waals surface area contributed by atoms with Crippen molar-refractivity contribution in [3.05, 3.63) is 59.7 Å². The second-order valence-corrected chi connectivity index (χ2v) is 7.12. The monoisotopic (exact) mass is 442 g/mol. The maximum absolute atomic E-state index is 12.9. The third-order valence-electron chi connectivity index (χ3n) is 4.80. The number of rotatable bonds is 10. The molecule has 10 nitrogen and oxygen atoms in total. The molecule has 1 aliphatic rings. The summed E-state index contributed by atoms with van der Waals surface area (Å²) in [5.41, 5.74) is 0.983. The van der Waals surface area contributed by atoms with Gasteiger partial charge in [0.05, 0.1) is 0 Å². The maximum Gasteiger partial charge on any atom is 0.326 e. The van der Waals surface area contributed by atoms with Crippen molar-refractivity contribution in [1.29, 1.82) is 0 Å². The standard InChI is InChI=1S/C22H22N2O8/c25-19(26)9-7-15(22(29)30)23-21(28)16(24-20(27)14-4-2-1-3-5-14)10-13-6-8-17-18(11-13)32-12-31-17/h1-6,8,11,15-16H,7,9-10,12H2,(H,23,28)(H,24,27)(H,25,26)(H,29,30)/t15-,16-/m0/s1. The average molecular weight is 442 g/mol. The molecule has 4 N–H and O–H groups in total.